The van der Waals surface area contributed by atoms with E-state index in [1.807, 2.05) is 0 Å². The highest BCUT2D eigenvalue weighted by Gasteiger charge is 2.17. The van der Waals surface area contributed by atoms with Crippen LogP contribution in [0, 0.1) is 5.82 Å². The lowest BCUT2D eigenvalue weighted by atomic mass is 10.2. The SMILES string of the molecule is COc1ncnc(N(C)C)c1NC(=O)c1ccc(Oc2ccc(F)cc2)cc1. The van der Waals surface area contributed by atoms with Gasteiger partial charge in [0.1, 0.15) is 29.3 Å². The van der Waals surface area contributed by atoms with Crippen LogP contribution in [-0.4, -0.2) is 37.1 Å². The number of hydrogen-bond donors (Lipinski definition) is 1. The Morgan fingerprint density at radius 1 is 1.00 bits per heavy atom. The van der Waals surface area contributed by atoms with Gasteiger partial charge in [-0.1, -0.05) is 0 Å². The number of rotatable bonds is 6. The van der Waals surface area contributed by atoms with Crippen molar-refractivity contribution in [2.24, 2.45) is 0 Å². The largest absolute Gasteiger partial charge is 0.479 e. The number of aromatic nitrogens is 2. The molecule has 3 aromatic rings. The van der Waals surface area contributed by atoms with Crippen molar-refractivity contribution >= 4 is 17.4 Å². The fourth-order valence-electron chi connectivity index (χ4n) is 2.46. The maximum absolute atomic E-state index is 13.0. The van der Waals surface area contributed by atoms with E-state index < -0.39 is 0 Å². The molecule has 7 nitrogen and oxygen atoms in total. The monoisotopic (exact) mass is 382 g/mol. The molecule has 0 spiro atoms. The van der Waals surface area contributed by atoms with Crippen molar-refractivity contribution in [2.75, 3.05) is 31.4 Å². The van der Waals surface area contributed by atoms with Gasteiger partial charge in [-0.3, -0.25) is 4.79 Å². The summed E-state index contributed by atoms with van der Waals surface area (Å²) in [6.07, 6.45) is 1.37. The Hall–Kier alpha value is -3.68. The number of methoxy groups -OCH3 is 1. The van der Waals surface area contributed by atoms with Gasteiger partial charge >= 0.3 is 0 Å². The van der Waals surface area contributed by atoms with Gasteiger partial charge in [0, 0.05) is 19.7 Å². The molecule has 0 aliphatic rings. The van der Waals surface area contributed by atoms with Gasteiger partial charge in [0.15, 0.2) is 5.82 Å². The third-order valence-corrected chi connectivity index (χ3v) is 3.81. The zero-order valence-corrected chi connectivity index (χ0v) is 15.6. The van der Waals surface area contributed by atoms with Gasteiger partial charge in [0.25, 0.3) is 5.91 Å². The third kappa shape index (κ3) is 4.35. The zero-order valence-electron chi connectivity index (χ0n) is 15.6. The first-order valence-corrected chi connectivity index (χ1v) is 8.39. The second-order valence-corrected chi connectivity index (χ2v) is 6.01. The van der Waals surface area contributed by atoms with E-state index in [0.717, 1.165) is 0 Å². The van der Waals surface area contributed by atoms with E-state index in [1.165, 1.54) is 37.7 Å². The number of ether oxygens (including phenoxy) is 2. The minimum atomic E-state index is -0.343. The Bertz CT molecular complexity index is 960. The van der Waals surface area contributed by atoms with Gasteiger partial charge in [0.05, 0.1) is 7.11 Å². The minimum Gasteiger partial charge on any atom is -0.479 e. The van der Waals surface area contributed by atoms with Crippen LogP contribution in [0.4, 0.5) is 15.9 Å². The lowest BCUT2D eigenvalue weighted by Crippen LogP contribution is -2.19. The molecule has 8 heteroatoms. The number of nitrogens with one attached hydrogen (secondary N) is 1. The number of anilines is 2. The highest BCUT2D eigenvalue weighted by Crippen LogP contribution is 2.30. The Morgan fingerprint density at radius 3 is 2.18 bits per heavy atom. The predicted octanol–water partition coefficient (Wildman–Crippen LogP) is 3.73. The van der Waals surface area contributed by atoms with Crippen LogP contribution >= 0.6 is 0 Å². The van der Waals surface area contributed by atoms with Gasteiger partial charge in [-0.05, 0) is 48.5 Å². The molecule has 0 saturated carbocycles. The van der Waals surface area contributed by atoms with E-state index in [2.05, 4.69) is 15.3 Å². The number of amides is 1. The standard InChI is InChI=1S/C20H19FN4O3/c1-25(2)18-17(20(27-3)23-12-22-18)24-19(26)13-4-8-15(9-5-13)28-16-10-6-14(21)7-11-16/h4-12H,1-3H3,(H,24,26). The second-order valence-electron chi connectivity index (χ2n) is 6.01. The van der Waals surface area contributed by atoms with Crippen molar-refractivity contribution in [1.29, 1.82) is 0 Å². The first kappa shape index (κ1) is 19.1. The maximum atomic E-state index is 13.0. The first-order valence-electron chi connectivity index (χ1n) is 8.39. The van der Waals surface area contributed by atoms with Crippen LogP contribution in [0.1, 0.15) is 10.4 Å². The average Bonchev–Trinajstić information content (AvgIpc) is 2.70. The maximum Gasteiger partial charge on any atom is 0.255 e. The Kier molecular flexibility index (Phi) is 5.69. The van der Waals surface area contributed by atoms with Gasteiger partial charge in [0.2, 0.25) is 5.88 Å². The van der Waals surface area contributed by atoms with Crippen molar-refractivity contribution in [3.63, 3.8) is 0 Å². The molecule has 0 unspecified atom stereocenters. The van der Waals surface area contributed by atoms with Crippen molar-refractivity contribution in [1.82, 2.24) is 9.97 Å². The molecule has 1 aromatic heterocycles. The van der Waals surface area contributed by atoms with E-state index >= 15 is 0 Å². The van der Waals surface area contributed by atoms with E-state index in [1.54, 1.807) is 43.3 Å². The molecule has 0 radical (unpaired) electrons. The summed E-state index contributed by atoms with van der Waals surface area (Å²) < 4.78 is 23.8. The van der Waals surface area contributed by atoms with Crippen LogP contribution in [0.15, 0.2) is 54.9 Å². The Balaban J connectivity index is 1.76. The smallest absolute Gasteiger partial charge is 0.255 e. The number of benzene rings is 2. The lowest BCUT2D eigenvalue weighted by Gasteiger charge is -2.18. The molecular formula is C20H19FN4O3. The van der Waals surface area contributed by atoms with Crippen LogP contribution < -0.4 is 19.7 Å². The fraction of sp³-hybridized carbons (Fsp3) is 0.150. The Labute approximate surface area is 161 Å². The van der Waals surface area contributed by atoms with Crippen LogP contribution in [0.5, 0.6) is 17.4 Å². The second kappa shape index (κ2) is 8.34. The van der Waals surface area contributed by atoms with Crippen molar-refractivity contribution in [2.45, 2.75) is 0 Å². The molecule has 0 fully saturated rings. The molecule has 3 rings (SSSR count). The molecule has 0 aliphatic carbocycles. The highest BCUT2D eigenvalue weighted by molar-refractivity contribution is 6.06. The van der Waals surface area contributed by atoms with E-state index in [0.29, 0.717) is 28.6 Å². The highest BCUT2D eigenvalue weighted by atomic mass is 19.1. The first-order chi connectivity index (χ1) is 13.5. The molecule has 2 aromatic carbocycles. The summed E-state index contributed by atoms with van der Waals surface area (Å²) in [5, 5.41) is 2.79. The molecular weight excluding hydrogens is 363 g/mol. The van der Waals surface area contributed by atoms with Gasteiger partial charge in [-0.2, -0.15) is 4.98 Å². The van der Waals surface area contributed by atoms with E-state index in [-0.39, 0.29) is 17.6 Å². The van der Waals surface area contributed by atoms with Gasteiger partial charge in [-0.15, -0.1) is 0 Å². The summed E-state index contributed by atoms with van der Waals surface area (Å²) in [6, 6.07) is 12.2. The predicted molar refractivity (Wildman–Crippen MR) is 104 cm³/mol. The number of carbonyl (C=O) groups is 1. The summed E-state index contributed by atoms with van der Waals surface area (Å²) in [4.78, 5) is 22.6. The van der Waals surface area contributed by atoms with Crippen LogP contribution in [0.25, 0.3) is 0 Å². The van der Waals surface area contributed by atoms with Crippen LogP contribution in [-0.2, 0) is 0 Å². The van der Waals surface area contributed by atoms with Crippen molar-refractivity contribution in [3.05, 3.63) is 66.2 Å². The van der Waals surface area contributed by atoms with E-state index in [4.69, 9.17) is 9.47 Å². The quantitative estimate of drug-likeness (QED) is 0.700. The van der Waals surface area contributed by atoms with Crippen molar-refractivity contribution < 1.29 is 18.7 Å². The molecule has 0 saturated heterocycles. The summed E-state index contributed by atoms with van der Waals surface area (Å²) in [6.45, 7) is 0. The lowest BCUT2D eigenvalue weighted by molar-refractivity contribution is 0.102. The normalized spacial score (nSPS) is 10.3. The molecule has 1 N–H and O–H groups in total. The number of nitrogens with zero attached hydrogens (tertiary/aromatic N) is 3. The van der Waals surface area contributed by atoms with Crippen LogP contribution in [0.3, 0.4) is 0 Å². The van der Waals surface area contributed by atoms with Gasteiger partial charge in [-0.25, -0.2) is 9.37 Å². The average molecular weight is 382 g/mol. The minimum absolute atomic E-state index is 0.267. The number of halogens is 1. The number of carbonyl (C=O) groups excluding carboxylic acids is 1. The summed E-state index contributed by atoms with van der Waals surface area (Å²) >= 11 is 0. The summed E-state index contributed by atoms with van der Waals surface area (Å²) in [5.74, 6) is 1.14. The van der Waals surface area contributed by atoms with Gasteiger partial charge < -0.3 is 19.7 Å². The summed E-state index contributed by atoms with van der Waals surface area (Å²) in [7, 11) is 5.08. The molecule has 0 atom stereocenters. The molecule has 0 aliphatic heterocycles. The number of hydrogen-bond acceptors (Lipinski definition) is 6. The van der Waals surface area contributed by atoms with Crippen LogP contribution in [0.2, 0.25) is 0 Å². The molecule has 1 amide bonds. The van der Waals surface area contributed by atoms with Crippen molar-refractivity contribution in [3.8, 4) is 17.4 Å². The Morgan fingerprint density at radius 2 is 1.61 bits per heavy atom. The third-order valence-electron chi connectivity index (χ3n) is 3.81. The van der Waals surface area contributed by atoms with E-state index in [9.17, 15) is 9.18 Å². The molecule has 1 heterocycles. The molecule has 28 heavy (non-hydrogen) atoms. The summed E-state index contributed by atoms with van der Waals surface area (Å²) in [5.41, 5.74) is 0.800. The molecule has 0 bridgehead atoms. The zero-order chi connectivity index (χ0) is 20.1. The molecule has 144 valence electrons. The fourth-order valence-corrected chi connectivity index (χ4v) is 2.46. The topological polar surface area (TPSA) is 76.6 Å².